The zero-order valence-electron chi connectivity index (χ0n) is 10.3. The Balaban J connectivity index is 2.55. The van der Waals surface area contributed by atoms with Crippen LogP contribution in [0.3, 0.4) is 0 Å². The second-order valence-corrected chi connectivity index (χ2v) is 8.72. The van der Waals surface area contributed by atoms with Crippen LogP contribution in [0.4, 0.5) is 9.59 Å². The topological polar surface area (TPSA) is 74.6 Å². The molecule has 2 aromatic carbocycles. The van der Waals surface area contributed by atoms with Crippen LogP contribution in [0, 0.1) is 0 Å². The summed E-state index contributed by atoms with van der Waals surface area (Å²) in [5.41, 5.74) is 0. The van der Waals surface area contributed by atoms with E-state index < -0.39 is 19.7 Å². The second-order valence-electron chi connectivity index (χ2n) is 3.80. The highest BCUT2D eigenvalue weighted by Gasteiger charge is 2.44. The predicted octanol–water partition coefficient (Wildman–Crippen LogP) is 4.91. The standard InChI is InChI=1S/C14H12O4S2/c15-13(16)20(14(17)18,12-9-5-2-6-10-12)19-11-7-3-1-4-8-11/h1-10H,(H,15,16)(H,17,18). The van der Waals surface area contributed by atoms with E-state index in [0.29, 0.717) is 9.79 Å². The van der Waals surface area contributed by atoms with Crippen molar-refractivity contribution in [2.75, 3.05) is 0 Å². The first-order valence-corrected chi connectivity index (χ1v) is 8.63. The van der Waals surface area contributed by atoms with Gasteiger partial charge in [-0.1, -0.05) is 47.2 Å². The molecule has 2 rings (SSSR count). The van der Waals surface area contributed by atoms with Gasteiger partial charge in [-0.15, -0.1) is 0 Å². The molecule has 0 heterocycles. The quantitative estimate of drug-likeness (QED) is 0.788. The van der Waals surface area contributed by atoms with Crippen molar-refractivity contribution in [2.24, 2.45) is 0 Å². The summed E-state index contributed by atoms with van der Waals surface area (Å²) in [6.45, 7) is 0. The summed E-state index contributed by atoms with van der Waals surface area (Å²) < 4.78 is 0. The Bertz CT molecular complexity index is 600. The van der Waals surface area contributed by atoms with Crippen LogP contribution in [0.5, 0.6) is 0 Å². The zero-order valence-corrected chi connectivity index (χ0v) is 11.9. The molecule has 0 aromatic heterocycles. The van der Waals surface area contributed by atoms with Crippen molar-refractivity contribution >= 4 is 30.5 Å². The van der Waals surface area contributed by atoms with Gasteiger partial charge in [-0.2, -0.15) is 0 Å². The van der Waals surface area contributed by atoms with Crippen LogP contribution < -0.4 is 0 Å². The summed E-state index contributed by atoms with van der Waals surface area (Å²) in [6.07, 6.45) is 0. The Morgan fingerprint density at radius 1 is 0.800 bits per heavy atom. The summed E-state index contributed by atoms with van der Waals surface area (Å²) in [4.78, 5) is 24.3. The van der Waals surface area contributed by atoms with E-state index in [1.165, 1.54) is 0 Å². The fraction of sp³-hybridized carbons (Fsp3) is 0. The Morgan fingerprint density at radius 2 is 1.25 bits per heavy atom. The highest BCUT2D eigenvalue weighted by Crippen LogP contribution is 2.69. The lowest BCUT2D eigenvalue weighted by molar-refractivity contribution is 0.216. The largest absolute Gasteiger partial charge is 0.473 e. The molecule has 0 saturated carbocycles. The number of hydrogen-bond acceptors (Lipinski definition) is 3. The van der Waals surface area contributed by atoms with Crippen molar-refractivity contribution in [3.63, 3.8) is 0 Å². The van der Waals surface area contributed by atoms with Crippen molar-refractivity contribution in [2.45, 2.75) is 9.79 Å². The van der Waals surface area contributed by atoms with Crippen molar-refractivity contribution in [1.82, 2.24) is 0 Å². The van der Waals surface area contributed by atoms with Gasteiger partial charge in [-0.05, 0) is 24.3 Å². The SMILES string of the molecule is O=C(O)S(Sc1ccccc1)(C(=O)O)c1ccccc1. The minimum atomic E-state index is -3.11. The Kier molecular flexibility index (Phi) is 4.36. The average molecular weight is 308 g/mol. The molecule has 0 fully saturated rings. The summed E-state index contributed by atoms with van der Waals surface area (Å²) in [5.74, 6) is 0. The number of hydrogen-bond donors (Lipinski definition) is 2. The third-order valence-electron chi connectivity index (χ3n) is 2.53. The number of carbonyl (C=O) groups is 2. The minimum Gasteiger partial charge on any atom is -0.473 e. The van der Waals surface area contributed by atoms with Crippen LogP contribution >= 0.6 is 19.9 Å². The highest BCUT2D eigenvalue weighted by molar-refractivity contribution is 9.05. The molecule has 0 bridgehead atoms. The van der Waals surface area contributed by atoms with Crippen LogP contribution in [-0.4, -0.2) is 20.8 Å². The predicted molar refractivity (Wildman–Crippen MR) is 80.6 cm³/mol. The van der Waals surface area contributed by atoms with E-state index >= 15 is 0 Å². The van der Waals surface area contributed by atoms with E-state index in [0.717, 1.165) is 10.8 Å². The fourth-order valence-corrected chi connectivity index (χ4v) is 5.77. The monoisotopic (exact) mass is 308 g/mol. The van der Waals surface area contributed by atoms with Gasteiger partial charge in [-0.25, -0.2) is 9.59 Å². The lowest BCUT2D eigenvalue weighted by Gasteiger charge is -2.29. The molecular formula is C14H12O4S2. The fourth-order valence-electron chi connectivity index (χ4n) is 1.63. The highest BCUT2D eigenvalue weighted by atomic mass is 33.2. The third kappa shape index (κ3) is 2.66. The van der Waals surface area contributed by atoms with E-state index in [1.54, 1.807) is 60.7 Å². The molecule has 0 atom stereocenters. The van der Waals surface area contributed by atoms with Crippen molar-refractivity contribution in [1.29, 1.82) is 0 Å². The molecule has 0 radical (unpaired) electrons. The van der Waals surface area contributed by atoms with Gasteiger partial charge in [-0.3, -0.25) is 0 Å². The van der Waals surface area contributed by atoms with Gasteiger partial charge >= 0.3 is 10.6 Å². The van der Waals surface area contributed by atoms with Crippen LogP contribution in [0.25, 0.3) is 0 Å². The van der Waals surface area contributed by atoms with Crippen LogP contribution in [0.15, 0.2) is 70.5 Å². The molecule has 4 nitrogen and oxygen atoms in total. The van der Waals surface area contributed by atoms with E-state index in [-0.39, 0.29) is 0 Å². The minimum absolute atomic E-state index is 0.314. The van der Waals surface area contributed by atoms with Gasteiger partial charge < -0.3 is 10.2 Å². The molecule has 0 aliphatic rings. The summed E-state index contributed by atoms with van der Waals surface area (Å²) in [7, 11) is -2.22. The molecule has 0 aliphatic heterocycles. The Morgan fingerprint density at radius 3 is 1.70 bits per heavy atom. The Labute approximate surface area is 121 Å². The van der Waals surface area contributed by atoms with Crippen LogP contribution in [0.1, 0.15) is 0 Å². The van der Waals surface area contributed by atoms with Gasteiger partial charge in [0.15, 0.2) is 0 Å². The van der Waals surface area contributed by atoms with Gasteiger partial charge in [0.2, 0.25) is 0 Å². The molecular weight excluding hydrogens is 296 g/mol. The maximum atomic E-state index is 11.7. The first-order chi connectivity index (χ1) is 9.57. The molecule has 0 saturated heterocycles. The molecule has 2 aromatic rings. The maximum Gasteiger partial charge on any atom is 0.370 e. The average Bonchev–Trinajstić information content (AvgIpc) is 2.46. The van der Waals surface area contributed by atoms with E-state index in [1.807, 2.05) is 0 Å². The van der Waals surface area contributed by atoms with Gasteiger partial charge in [0.1, 0.15) is 0 Å². The lowest BCUT2D eigenvalue weighted by atomic mass is 10.4. The van der Waals surface area contributed by atoms with E-state index in [4.69, 9.17) is 0 Å². The summed E-state index contributed by atoms with van der Waals surface area (Å²) in [6, 6.07) is 16.8. The number of benzene rings is 2. The van der Waals surface area contributed by atoms with Crippen molar-refractivity contribution in [3.05, 3.63) is 60.7 Å². The summed E-state index contributed by atoms with van der Waals surface area (Å²) in [5, 5.41) is 16.5. The molecule has 20 heavy (non-hydrogen) atoms. The maximum absolute atomic E-state index is 11.7. The van der Waals surface area contributed by atoms with Gasteiger partial charge in [0, 0.05) is 18.9 Å². The van der Waals surface area contributed by atoms with Gasteiger partial charge in [0.25, 0.3) is 0 Å². The van der Waals surface area contributed by atoms with Crippen LogP contribution in [-0.2, 0) is 0 Å². The smallest absolute Gasteiger partial charge is 0.370 e. The second kappa shape index (κ2) is 6.02. The normalized spacial score (nSPS) is 11.8. The van der Waals surface area contributed by atoms with Crippen molar-refractivity contribution in [3.8, 4) is 0 Å². The van der Waals surface area contributed by atoms with Crippen molar-refractivity contribution < 1.29 is 19.8 Å². The molecule has 0 spiro atoms. The molecule has 0 amide bonds. The van der Waals surface area contributed by atoms with E-state index in [9.17, 15) is 19.8 Å². The first kappa shape index (κ1) is 14.5. The van der Waals surface area contributed by atoms with Gasteiger partial charge in [0.05, 0.1) is 0 Å². The Hall–Kier alpha value is -1.92. The number of carboxylic acid groups (broad SMARTS) is 2. The molecule has 2 N–H and O–H groups in total. The summed E-state index contributed by atoms with van der Waals surface area (Å²) >= 11 is 0. The number of rotatable bonds is 3. The van der Waals surface area contributed by atoms with Crippen LogP contribution in [0.2, 0.25) is 0 Å². The zero-order chi connectivity index (χ0) is 14.6. The van der Waals surface area contributed by atoms with E-state index in [2.05, 4.69) is 0 Å². The molecule has 0 unspecified atom stereocenters. The first-order valence-electron chi connectivity index (χ1n) is 5.66. The molecule has 0 aliphatic carbocycles. The third-order valence-corrected chi connectivity index (χ3v) is 7.93. The lowest BCUT2D eigenvalue weighted by Crippen LogP contribution is -2.15. The molecule has 104 valence electrons. The molecule has 6 heteroatoms.